The van der Waals surface area contributed by atoms with Crippen LogP contribution in [0.4, 0.5) is 0 Å². The van der Waals surface area contributed by atoms with Crippen LogP contribution in [0.2, 0.25) is 0 Å². The van der Waals surface area contributed by atoms with Gasteiger partial charge in [-0.1, -0.05) is 12.2 Å². The summed E-state index contributed by atoms with van der Waals surface area (Å²) in [4.78, 5) is 13.5. The maximum atomic E-state index is 10.7. The summed E-state index contributed by atoms with van der Waals surface area (Å²) in [6.45, 7) is 0. The fraction of sp³-hybridized carbons (Fsp3) is 0.222. The van der Waals surface area contributed by atoms with Gasteiger partial charge >= 0.3 is 5.97 Å². The van der Waals surface area contributed by atoms with Gasteiger partial charge in [0.05, 0.1) is 0 Å². The number of carbonyl (C=O) groups is 1. The van der Waals surface area contributed by atoms with Crippen LogP contribution in [0.3, 0.4) is 0 Å². The molecule has 0 radical (unpaired) electrons. The summed E-state index contributed by atoms with van der Waals surface area (Å²) in [7, 11) is 0. The van der Waals surface area contributed by atoms with Crippen LogP contribution in [-0.2, 0) is 12.8 Å². The Morgan fingerprint density at radius 2 is 2.17 bits per heavy atom. The lowest BCUT2D eigenvalue weighted by atomic mass is 10.00. The zero-order chi connectivity index (χ0) is 8.55. The fourth-order valence-electron chi connectivity index (χ4n) is 1.51. The quantitative estimate of drug-likeness (QED) is 0.614. The second-order valence-corrected chi connectivity index (χ2v) is 2.85. The Bertz CT molecular complexity index is 349. The molecule has 1 aromatic heterocycles. The van der Waals surface area contributed by atoms with E-state index in [0.717, 1.165) is 24.0 Å². The van der Waals surface area contributed by atoms with Crippen molar-refractivity contribution in [3.05, 3.63) is 35.2 Å². The van der Waals surface area contributed by atoms with Crippen molar-refractivity contribution < 1.29 is 9.90 Å². The number of carboxylic acids is 1. The zero-order valence-electron chi connectivity index (χ0n) is 6.50. The Labute approximate surface area is 69.7 Å². The molecule has 0 aromatic carbocycles. The summed E-state index contributed by atoms with van der Waals surface area (Å²) in [5.74, 6) is -0.869. The highest BCUT2D eigenvalue weighted by Gasteiger charge is 2.16. The van der Waals surface area contributed by atoms with Gasteiger partial charge in [0.15, 0.2) is 0 Å². The molecule has 0 aliphatic heterocycles. The molecule has 0 unspecified atom stereocenters. The third-order valence-corrected chi connectivity index (χ3v) is 2.12. The van der Waals surface area contributed by atoms with E-state index in [1.165, 1.54) is 0 Å². The minimum absolute atomic E-state index is 0.342. The first kappa shape index (κ1) is 7.16. The largest absolute Gasteiger partial charge is 0.477 e. The Balaban J connectivity index is 2.48. The second kappa shape index (κ2) is 2.52. The van der Waals surface area contributed by atoms with E-state index < -0.39 is 5.97 Å². The molecule has 0 bridgehead atoms. The number of aromatic carboxylic acids is 1. The average molecular weight is 163 g/mol. The lowest BCUT2D eigenvalue weighted by Gasteiger charge is -2.04. The van der Waals surface area contributed by atoms with Crippen molar-refractivity contribution in [2.24, 2.45) is 0 Å². The molecule has 3 heteroatoms. The number of carboxylic acid groups (broad SMARTS) is 1. The standard InChI is InChI=1S/C9H9NO2/c11-9(12)8-7-4-2-1-3-6(7)5-10-8/h1-2,5,10H,3-4H2,(H,11,12). The predicted octanol–water partition coefficient (Wildman–Crippen LogP) is 1.37. The SMILES string of the molecule is O=C(O)c1[nH]cc2c1CC=CC2. The van der Waals surface area contributed by atoms with Crippen LogP contribution in [-0.4, -0.2) is 16.1 Å². The van der Waals surface area contributed by atoms with Crippen molar-refractivity contribution in [3.63, 3.8) is 0 Å². The van der Waals surface area contributed by atoms with Crippen molar-refractivity contribution in [2.45, 2.75) is 12.8 Å². The van der Waals surface area contributed by atoms with E-state index >= 15 is 0 Å². The molecule has 1 aliphatic rings. The molecule has 2 rings (SSSR count). The van der Waals surface area contributed by atoms with Gasteiger partial charge in [-0.2, -0.15) is 0 Å². The molecule has 0 atom stereocenters. The van der Waals surface area contributed by atoms with Crippen molar-refractivity contribution in [1.82, 2.24) is 4.98 Å². The summed E-state index contributed by atoms with van der Waals surface area (Å²) in [5.41, 5.74) is 2.38. The lowest BCUT2D eigenvalue weighted by Crippen LogP contribution is -2.03. The number of H-pyrrole nitrogens is 1. The minimum atomic E-state index is -0.869. The van der Waals surface area contributed by atoms with Gasteiger partial charge in [-0.15, -0.1) is 0 Å². The average Bonchev–Trinajstić information content (AvgIpc) is 2.47. The Morgan fingerprint density at radius 1 is 1.42 bits per heavy atom. The summed E-state index contributed by atoms with van der Waals surface area (Å²) < 4.78 is 0. The normalized spacial score (nSPS) is 14.3. The number of nitrogens with one attached hydrogen (secondary N) is 1. The van der Waals surface area contributed by atoms with Crippen molar-refractivity contribution in [3.8, 4) is 0 Å². The van der Waals surface area contributed by atoms with Crippen LogP contribution in [0.5, 0.6) is 0 Å². The van der Waals surface area contributed by atoms with Gasteiger partial charge in [-0.05, 0) is 24.0 Å². The number of hydrogen-bond acceptors (Lipinski definition) is 1. The van der Waals surface area contributed by atoms with Gasteiger partial charge in [-0.3, -0.25) is 0 Å². The molecule has 1 aromatic rings. The van der Waals surface area contributed by atoms with Gasteiger partial charge in [-0.25, -0.2) is 4.79 Å². The molecule has 2 N–H and O–H groups in total. The first-order valence-electron chi connectivity index (χ1n) is 3.86. The first-order valence-corrected chi connectivity index (χ1v) is 3.86. The molecule has 0 amide bonds. The number of aromatic amines is 1. The second-order valence-electron chi connectivity index (χ2n) is 2.85. The summed E-state index contributed by atoms with van der Waals surface area (Å²) in [6, 6.07) is 0. The first-order chi connectivity index (χ1) is 5.79. The molecule has 3 nitrogen and oxygen atoms in total. The van der Waals surface area contributed by atoms with Crippen LogP contribution in [0.25, 0.3) is 0 Å². The van der Waals surface area contributed by atoms with Crippen LogP contribution >= 0.6 is 0 Å². The number of allylic oxidation sites excluding steroid dienone is 2. The van der Waals surface area contributed by atoms with Crippen molar-refractivity contribution in [2.75, 3.05) is 0 Å². The maximum absolute atomic E-state index is 10.7. The van der Waals surface area contributed by atoms with E-state index in [2.05, 4.69) is 11.1 Å². The fourth-order valence-corrected chi connectivity index (χ4v) is 1.51. The maximum Gasteiger partial charge on any atom is 0.352 e. The summed E-state index contributed by atoms with van der Waals surface area (Å²) >= 11 is 0. The van der Waals surface area contributed by atoms with Gasteiger partial charge in [0, 0.05) is 6.20 Å². The van der Waals surface area contributed by atoms with Gasteiger partial charge < -0.3 is 10.1 Å². The third kappa shape index (κ3) is 0.942. The highest BCUT2D eigenvalue weighted by molar-refractivity contribution is 5.88. The number of hydrogen-bond donors (Lipinski definition) is 2. The molecule has 0 spiro atoms. The summed E-state index contributed by atoms with van der Waals surface area (Å²) in [6.07, 6.45) is 7.42. The molecular weight excluding hydrogens is 154 g/mol. The molecular formula is C9H9NO2. The Morgan fingerprint density at radius 3 is 2.92 bits per heavy atom. The highest BCUT2D eigenvalue weighted by Crippen LogP contribution is 2.19. The lowest BCUT2D eigenvalue weighted by molar-refractivity contribution is 0.0690. The number of aromatic nitrogens is 1. The topological polar surface area (TPSA) is 53.1 Å². The zero-order valence-corrected chi connectivity index (χ0v) is 6.50. The summed E-state index contributed by atoms with van der Waals surface area (Å²) in [5, 5.41) is 8.77. The van der Waals surface area contributed by atoms with Crippen LogP contribution < -0.4 is 0 Å². The smallest absolute Gasteiger partial charge is 0.352 e. The monoisotopic (exact) mass is 163 g/mol. The van der Waals surface area contributed by atoms with E-state index in [0.29, 0.717) is 5.69 Å². The third-order valence-electron chi connectivity index (χ3n) is 2.12. The van der Waals surface area contributed by atoms with E-state index in [9.17, 15) is 4.79 Å². The van der Waals surface area contributed by atoms with E-state index in [-0.39, 0.29) is 0 Å². The van der Waals surface area contributed by atoms with Gasteiger partial charge in [0.25, 0.3) is 0 Å². The van der Waals surface area contributed by atoms with Crippen LogP contribution in [0.15, 0.2) is 18.3 Å². The Kier molecular flexibility index (Phi) is 1.50. The predicted molar refractivity (Wildman–Crippen MR) is 44.3 cm³/mol. The molecule has 1 heterocycles. The molecule has 62 valence electrons. The molecule has 1 aliphatic carbocycles. The van der Waals surface area contributed by atoms with Crippen LogP contribution in [0.1, 0.15) is 21.6 Å². The molecule has 0 fully saturated rings. The number of rotatable bonds is 1. The molecule has 0 saturated heterocycles. The van der Waals surface area contributed by atoms with E-state index in [4.69, 9.17) is 5.11 Å². The Hall–Kier alpha value is -1.51. The highest BCUT2D eigenvalue weighted by atomic mass is 16.4. The van der Waals surface area contributed by atoms with Gasteiger partial charge in [0.1, 0.15) is 5.69 Å². The van der Waals surface area contributed by atoms with Crippen LogP contribution in [0, 0.1) is 0 Å². The number of fused-ring (bicyclic) bond motifs is 1. The molecule has 0 saturated carbocycles. The van der Waals surface area contributed by atoms with Gasteiger partial charge in [0.2, 0.25) is 0 Å². The van der Waals surface area contributed by atoms with E-state index in [1.54, 1.807) is 6.20 Å². The minimum Gasteiger partial charge on any atom is -0.477 e. The van der Waals surface area contributed by atoms with Crippen molar-refractivity contribution >= 4 is 5.97 Å². The molecule has 12 heavy (non-hydrogen) atoms. The van der Waals surface area contributed by atoms with E-state index in [1.807, 2.05) is 6.08 Å². The van der Waals surface area contributed by atoms with Crippen molar-refractivity contribution in [1.29, 1.82) is 0 Å².